The van der Waals surface area contributed by atoms with Crippen LogP contribution >= 0.6 is 0 Å². The standard InChI is InChI=1S/C21H29N5O2/c1-14(2)18(13-27)25-19-10-11-22-21(26-19)24-17-9-5-8-16(12-17)23-20(28)15-6-3-4-7-15/h5,8-12,14-15,18,27H,3-4,6-7,13H2,1-2H3,(H,23,28)(H2,22,24,25,26)/t18-/m1/s1. The molecule has 28 heavy (non-hydrogen) atoms. The van der Waals surface area contributed by atoms with Gasteiger partial charge in [-0.05, 0) is 43.0 Å². The average Bonchev–Trinajstić information content (AvgIpc) is 3.21. The highest BCUT2D eigenvalue weighted by Crippen LogP contribution is 2.27. The summed E-state index contributed by atoms with van der Waals surface area (Å²) in [5, 5.41) is 18.9. The third kappa shape index (κ3) is 5.42. The lowest BCUT2D eigenvalue weighted by atomic mass is 10.1. The molecule has 1 fully saturated rings. The van der Waals surface area contributed by atoms with Gasteiger partial charge in [0.15, 0.2) is 0 Å². The van der Waals surface area contributed by atoms with Crippen LogP contribution in [0.3, 0.4) is 0 Å². The maximum absolute atomic E-state index is 12.3. The summed E-state index contributed by atoms with van der Waals surface area (Å²) in [5.41, 5.74) is 1.56. The van der Waals surface area contributed by atoms with Crippen LogP contribution in [0.1, 0.15) is 39.5 Å². The highest BCUT2D eigenvalue weighted by molar-refractivity contribution is 5.93. The van der Waals surface area contributed by atoms with Crippen LogP contribution in [0.4, 0.5) is 23.1 Å². The molecule has 0 bridgehead atoms. The average molecular weight is 383 g/mol. The largest absolute Gasteiger partial charge is 0.394 e. The first-order valence-electron chi connectivity index (χ1n) is 9.93. The van der Waals surface area contributed by atoms with E-state index in [9.17, 15) is 9.90 Å². The third-order valence-electron chi connectivity index (χ3n) is 5.10. The van der Waals surface area contributed by atoms with Gasteiger partial charge >= 0.3 is 0 Å². The molecule has 1 atom stereocenters. The fourth-order valence-electron chi connectivity index (χ4n) is 3.35. The Labute approximate surface area is 166 Å². The Morgan fingerprint density at radius 2 is 1.96 bits per heavy atom. The summed E-state index contributed by atoms with van der Waals surface area (Å²) in [6, 6.07) is 9.24. The Bertz CT molecular complexity index is 790. The minimum absolute atomic E-state index is 0.0349. The van der Waals surface area contributed by atoms with E-state index in [4.69, 9.17) is 0 Å². The molecule has 7 heteroatoms. The molecule has 0 unspecified atom stereocenters. The van der Waals surface area contributed by atoms with E-state index < -0.39 is 0 Å². The van der Waals surface area contributed by atoms with E-state index >= 15 is 0 Å². The number of nitrogens with one attached hydrogen (secondary N) is 3. The van der Waals surface area contributed by atoms with Gasteiger partial charge in [-0.1, -0.05) is 32.8 Å². The van der Waals surface area contributed by atoms with Crippen molar-refractivity contribution in [1.29, 1.82) is 0 Å². The number of rotatable bonds is 8. The predicted molar refractivity (Wildman–Crippen MR) is 112 cm³/mol. The fraction of sp³-hybridized carbons (Fsp3) is 0.476. The van der Waals surface area contributed by atoms with Gasteiger partial charge in [-0.3, -0.25) is 4.79 Å². The number of benzene rings is 1. The monoisotopic (exact) mass is 383 g/mol. The molecule has 3 rings (SSSR count). The lowest BCUT2D eigenvalue weighted by Gasteiger charge is -2.20. The number of hydrogen-bond acceptors (Lipinski definition) is 6. The summed E-state index contributed by atoms with van der Waals surface area (Å²) in [5.74, 6) is 1.60. The second-order valence-electron chi connectivity index (χ2n) is 7.62. The van der Waals surface area contributed by atoms with Gasteiger partial charge in [0.2, 0.25) is 11.9 Å². The van der Waals surface area contributed by atoms with E-state index in [1.165, 1.54) is 0 Å². The zero-order valence-corrected chi connectivity index (χ0v) is 16.5. The van der Waals surface area contributed by atoms with Gasteiger partial charge in [-0.25, -0.2) is 4.98 Å². The number of aromatic nitrogens is 2. The number of anilines is 4. The van der Waals surface area contributed by atoms with Gasteiger partial charge in [0, 0.05) is 23.5 Å². The lowest BCUT2D eigenvalue weighted by molar-refractivity contribution is -0.119. The van der Waals surface area contributed by atoms with Crippen LogP contribution < -0.4 is 16.0 Å². The maximum Gasteiger partial charge on any atom is 0.229 e. The smallest absolute Gasteiger partial charge is 0.229 e. The summed E-state index contributed by atoms with van der Waals surface area (Å²) >= 11 is 0. The zero-order valence-electron chi connectivity index (χ0n) is 16.5. The van der Waals surface area contributed by atoms with Crippen molar-refractivity contribution in [2.45, 2.75) is 45.6 Å². The van der Waals surface area contributed by atoms with E-state index in [1.807, 2.05) is 38.1 Å². The molecule has 7 nitrogen and oxygen atoms in total. The van der Waals surface area contributed by atoms with Gasteiger partial charge in [0.05, 0.1) is 12.6 Å². The number of carbonyl (C=O) groups is 1. The molecule has 0 aliphatic heterocycles. The van der Waals surface area contributed by atoms with E-state index in [2.05, 4.69) is 25.9 Å². The van der Waals surface area contributed by atoms with Crippen molar-refractivity contribution in [2.75, 3.05) is 22.6 Å². The quantitative estimate of drug-likeness (QED) is 0.554. The normalized spacial score (nSPS) is 15.4. The van der Waals surface area contributed by atoms with Crippen molar-refractivity contribution in [2.24, 2.45) is 11.8 Å². The van der Waals surface area contributed by atoms with E-state index in [1.54, 1.807) is 12.3 Å². The van der Waals surface area contributed by atoms with Crippen molar-refractivity contribution in [3.8, 4) is 0 Å². The zero-order chi connectivity index (χ0) is 19.9. The highest BCUT2D eigenvalue weighted by atomic mass is 16.3. The number of aliphatic hydroxyl groups is 1. The van der Waals surface area contributed by atoms with Crippen LogP contribution in [0.15, 0.2) is 36.5 Å². The van der Waals surface area contributed by atoms with E-state index in [0.717, 1.165) is 37.1 Å². The molecule has 150 valence electrons. The van der Waals surface area contributed by atoms with Gasteiger partial charge in [0.1, 0.15) is 5.82 Å². The minimum atomic E-state index is -0.0723. The van der Waals surface area contributed by atoms with Crippen LogP contribution in [0.2, 0.25) is 0 Å². The molecule has 4 N–H and O–H groups in total. The Kier molecular flexibility index (Phi) is 6.81. The SMILES string of the molecule is CC(C)[C@@H](CO)Nc1ccnc(Nc2cccc(NC(=O)C3CCCC3)c2)n1. The van der Waals surface area contributed by atoms with Gasteiger partial charge < -0.3 is 21.1 Å². The van der Waals surface area contributed by atoms with Crippen LogP contribution in [-0.2, 0) is 4.79 Å². The van der Waals surface area contributed by atoms with Crippen LogP contribution in [-0.4, -0.2) is 33.6 Å². The van der Waals surface area contributed by atoms with E-state index in [0.29, 0.717) is 11.8 Å². The Morgan fingerprint density at radius 3 is 2.68 bits per heavy atom. The Morgan fingerprint density at radius 1 is 1.21 bits per heavy atom. The van der Waals surface area contributed by atoms with Crippen molar-refractivity contribution < 1.29 is 9.90 Å². The first-order valence-corrected chi connectivity index (χ1v) is 9.93. The molecule has 1 heterocycles. The van der Waals surface area contributed by atoms with Crippen LogP contribution in [0.5, 0.6) is 0 Å². The van der Waals surface area contributed by atoms with Crippen LogP contribution in [0.25, 0.3) is 0 Å². The molecule has 0 radical (unpaired) electrons. The number of nitrogens with zero attached hydrogens (tertiary/aromatic N) is 2. The number of hydrogen-bond donors (Lipinski definition) is 4. The second-order valence-corrected chi connectivity index (χ2v) is 7.62. The van der Waals surface area contributed by atoms with Gasteiger partial charge in [-0.2, -0.15) is 4.98 Å². The minimum Gasteiger partial charge on any atom is -0.394 e. The topological polar surface area (TPSA) is 99.2 Å². The molecular weight excluding hydrogens is 354 g/mol. The number of amides is 1. The predicted octanol–water partition coefficient (Wildman–Crippen LogP) is 3.78. The summed E-state index contributed by atoms with van der Waals surface area (Å²) in [4.78, 5) is 21.0. The summed E-state index contributed by atoms with van der Waals surface area (Å²) in [6.07, 6.45) is 5.88. The molecule has 1 aromatic heterocycles. The lowest BCUT2D eigenvalue weighted by Crippen LogP contribution is -2.29. The molecule has 1 aromatic carbocycles. The Balaban J connectivity index is 1.65. The van der Waals surface area contributed by atoms with Crippen LogP contribution in [0, 0.1) is 11.8 Å². The molecule has 2 aromatic rings. The van der Waals surface area contributed by atoms with Crippen molar-refractivity contribution >= 4 is 29.0 Å². The molecular formula is C21H29N5O2. The molecule has 1 amide bonds. The summed E-state index contributed by atoms with van der Waals surface area (Å²) in [6.45, 7) is 4.12. The first kappa shape index (κ1) is 20.1. The number of carbonyl (C=O) groups excluding carboxylic acids is 1. The maximum atomic E-state index is 12.3. The number of aliphatic hydroxyl groups excluding tert-OH is 1. The summed E-state index contributed by atoms with van der Waals surface area (Å²) < 4.78 is 0. The van der Waals surface area contributed by atoms with E-state index in [-0.39, 0.29) is 30.4 Å². The molecule has 1 saturated carbocycles. The van der Waals surface area contributed by atoms with Crippen molar-refractivity contribution in [1.82, 2.24) is 9.97 Å². The van der Waals surface area contributed by atoms with Crippen molar-refractivity contribution in [3.63, 3.8) is 0 Å². The molecule has 1 aliphatic rings. The first-order chi connectivity index (χ1) is 13.5. The second kappa shape index (κ2) is 9.50. The molecule has 1 aliphatic carbocycles. The molecule has 0 saturated heterocycles. The Hall–Kier alpha value is -2.67. The third-order valence-corrected chi connectivity index (χ3v) is 5.10. The van der Waals surface area contributed by atoms with Gasteiger partial charge in [-0.15, -0.1) is 0 Å². The molecule has 0 spiro atoms. The summed E-state index contributed by atoms with van der Waals surface area (Å²) in [7, 11) is 0. The fourth-order valence-corrected chi connectivity index (χ4v) is 3.35. The van der Waals surface area contributed by atoms with Gasteiger partial charge in [0.25, 0.3) is 0 Å². The highest BCUT2D eigenvalue weighted by Gasteiger charge is 2.22. The van der Waals surface area contributed by atoms with Crippen molar-refractivity contribution in [3.05, 3.63) is 36.5 Å².